The van der Waals surface area contributed by atoms with Gasteiger partial charge >= 0.3 is 0 Å². The van der Waals surface area contributed by atoms with Gasteiger partial charge in [0.05, 0.1) is 21.9 Å². The highest BCUT2D eigenvalue weighted by molar-refractivity contribution is 7.23. The fourth-order valence-electron chi connectivity index (χ4n) is 9.25. The summed E-state index contributed by atoms with van der Waals surface area (Å²) in [7, 11) is 1.70. The van der Waals surface area contributed by atoms with Crippen LogP contribution in [0, 0.1) is 35.5 Å². The number of hydrogen-bond acceptors (Lipinski definition) is 7. The molecule has 9 heteroatoms. The van der Waals surface area contributed by atoms with E-state index in [0.717, 1.165) is 62.0 Å². The third kappa shape index (κ3) is 6.17. The Morgan fingerprint density at radius 2 is 1.88 bits per heavy atom. The molecule has 266 valence electrons. The Hall–Kier alpha value is -4.62. The SMILES string of the molecule is CC#Cc1ccc(-c2ccc(C(=O)C3CCC4C(NC(N)=NC)C(c5cc(O)c6c(c5)NC(C(C)O)C=C6)CCC5=c6ccccc6=CC3C54)s2)s1. The monoisotopic (exact) mass is 728 g/mol. The predicted molar refractivity (Wildman–Crippen MR) is 214 cm³/mol. The molecule has 2 fully saturated rings. The third-order valence-corrected chi connectivity index (χ3v) is 13.9. The van der Waals surface area contributed by atoms with Gasteiger partial charge in [-0.3, -0.25) is 9.79 Å². The molecule has 0 radical (unpaired) electrons. The lowest BCUT2D eigenvalue weighted by Gasteiger charge is -2.47. The maximum atomic E-state index is 14.6. The highest BCUT2D eigenvalue weighted by atomic mass is 32.1. The number of aliphatic hydroxyl groups is 1. The number of carbonyl (C=O) groups is 1. The Kier molecular flexibility index (Phi) is 9.33. The lowest BCUT2D eigenvalue weighted by Crippen LogP contribution is -2.53. The molecule has 52 heavy (non-hydrogen) atoms. The maximum Gasteiger partial charge on any atom is 0.188 e. The summed E-state index contributed by atoms with van der Waals surface area (Å²) in [5.74, 6) is 7.16. The van der Waals surface area contributed by atoms with E-state index in [4.69, 9.17) is 5.73 Å². The molecule has 0 spiro atoms. The van der Waals surface area contributed by atoms with Crippen LogP contribution in [0.2, 0.25) is 0 Å². The van der Waals surface area contributed by atoms with Crippen LogP contribution < -0.4 is 26.8 Å². The van der Waals surface area contributed by atoms with Crippen molar-refractivity contribution in [2.75, 3.05) is 12.4 Å². The number of anilines is 1. The number of benzene rings is 2. The lowest BCUT2D eigenvalue weighted by molar-refractivity contribution is 0.0757. The van der Waals surface area contributed by atoms with E-state index in [1.54, 1.807) is 36.6 Å². The van der Waals surface area contributed by atoms with Crippen LogP contribution in [0.25, 0.3) is 27.5 Å². The Bertz CT molecular complexity index is 2290. The van der Waals surface area contributed by atoms with Crippen LogP contribution in [0.1, 0.15) is 71.1 Å². The quantitative estimate of drug-likeness (QED) is 0.0688. The number of phenols is 1. The highest BCUT2D eigenvalue weighted by Crippen LogP contribution is 2.54. The number of fused-ring (bicyclic) bond motifs is 2. The Morgan fingerprint density at radius 3 is 2.69 bits per heavy atom. The van der Waals surface area contributed by atoms with E-state index < -0.39 is 6.10 Å². The van der Waals surface area contributed by atoms with Crippen molar-refractivity contribution in [2.24, 2.45) is 34.4 Å². The fourth-order valence-corrected chi connectivity index (χ4v) is 11.3. The van der Waals surface area contributed by atoms with E-state index in [9.17, 15) is 15.0 Å². The summed E-state index contributed by atoms with van der Waals surface area (Å²) >= 11 is 3.26. The van der Waals surface area contributed by atoms with Crippen LogP contribution in [0.5, 0.6) is 5.75 Å². The van der Waals surface area contributed by atoms with Gasteiger partial charge < -0.3 is 26.6 Å². The zero-order chi connectivity index (χ0) is 36.1. The third-order valence-electron chi connectivity index (χ3n) is 11.6. The molecule has 3 heterocycles. The van der Waals surface area contributed by atoms with Gasteiger partial charge in [0.25, 0.3) is 0 Å². The smallest absolute Gasteiger partial charge is 0.188 e. The number of nitrogens with one attached hydrogen (secondary N) is 2. The van der Waals surface area contributed by atoms with E-state index in [1.165, 1.54) is 16.0 Å². The summed E-state index contributed by atoms with van der Waals surface area (Å²) in [5.41, 5.74) is 10.5. The largest absolute Gasteiger partial charge is 0.507 e. The molecular formula is C43H44N4O3S2. The molecule has 8 atom stereocenters. The van der Waals surface area contributed by atoms with Crippen LogP contribution in [-0.2, 0) is 0 Å². The summed E-state index contributed by atoms with van der Waals surface area (Å²) in [4.78, 5) is 23.0. The summed E-state index contributed by atoms with van der Waals surface area (Å²) in [6, 6.07) is 20.6. The number of ketones is 1. The Labute approximate surface area is 312 Å². The van der Waals surface area contributed by atoms with Crippen LogP contribution in [0.3, 0.4) is 0 Å². The number of thiophene rings is 2. The van der Waals surface area contributed by atoms with Crippen molar-refractivity contribution in [1.29, 1.82) is 0 Å². The minimum absolute atomic E-state index is 0.00492. The summed E-state index contributed by atoms with van der Waals surface area (Å²) in [6.45, 7) is 3.61. The number of nitrogens with two attached hydrogens (primary N) is 1. The number of aliphatic hydroxyl groups excluding tert-OH is 1. The molecule has 0 amide bonds. The van der Waals surface area contributed by atoms with E-state index in [0.29, 0.717) is 5.96 Å². The van der Waals surface area contributed by atoms with Gasteiger partial charge in [-0.15, -0.1) is 28.6 Å². The number of hydrogen-bond donors (Lipinski definition) is 5. The number of rotatable bonds is 6. The molecular weight excluding hydrogens is 685 g/mol. The topological polar surface area (TPSA) is 120 Å². The normalized spacial score (nSPS) is 26.7. The molecule has 6 N–H and O–H groups in total. The standard InChI is InChI=1S/C43H44N4O3S2/c1-4-7-26-10-17-37(51-26)38-18-19-39(52-38)42(50)30-13-14-32-40-29(27-9-6-5-8-24(27)20-33(30)40)12-11-28(41(32)47-43(44)45-3)25-21-35-31(36(49)22-25)15-16-34(46-35)23(2)48/h5-6,8-10,15-23,28,30,32-34,40-41,46,48-49H,11-14H2,1-3H3,(H3,44,45,47). The average molecular weight is 729 g/mol. The fraction of sp³-hybridized carbons (Fsp3) is 0.349. The number of aromatic hydroxyl groups is 1. The number of nitrogens with zero attached hydrogens (tertiary/aromatic N) is 1. The summed E-state index contributed by atoms with van der Waals surface area (Å²) < 4.78 is 0. The summed E-state index contributed by atoms with van der Waals surface area (Å²) in [6.07, 6.45) is 8.91. The van der Waals surface area contributed by atoms with Crippen molar-refractivity contribution in [2.45, 2.75) is 63.6 Å². The number of carbonyl (C=O) groups excluding carboxylic acids is 1. The van der Waals surface area contributed by atoms with Crippen LogP contribution in [-0.4, -0.2) is 47.2 Å². The van der Waals surface area contributed by atoms with Gasteiger partial charge in [0, 0.05) is 45.9 Å². The molecule has 8 unspecified atom stereocenters. The van der Waals surface area contributed by atoms with E-state index in [1.807, 2.05) is 31.2 Å². The number of phenolic OH excluding ortho intramolecular Hbond substituents is 1. The second-order valence-corrected chi connectivity index (χ2v) is 16.7. The Morgan fingerprint density at radius 1 is 1.08 bits per heavy atom. The first-order chi connectivity index (χ1) is 25.2. The molecule has 2 aromatic carbocycles. The molecule has 4 aliphatic rings. The minimum Gasteiger partial charge on any atom is -0.507 e. The van der Waals surface area contributed by atoms with Gasteiger partial charge in [0.15, 0.2) is 11.7 Å². The summed E-state index contributed by atoms with van der Waals surface area (Å²) in [5, 5.41) is 31.3. The number of Topliss-reactive ketones (excluding diaryl/α,β-unsaturated/α-hetero) is 1. The van der Waals surface area contributed by atoms with Crippen molar-refractivity contribution >= 4 is 57.8 Å². The van der Waals surface area contributed by atoms with Crippen LogP contribution in [0.4, 0.5) is 5.69 Å². The van der Waals surface area contributed by atoms with Gasteiger partial charge in [0.1, 0.15) is 5.75 Å². The first-order valence-electron chi connectivity index (χ1n) is 18.2. The van der Waals surface area contributed by atoms with Crippen molar-refractivity contribution in [3.05, 3.63) is 98.1 Å². The molecule has 0 saturated heterocycles. The molecule has 7 nitrogen and oxygen atoms in total. The average Bonchev–Trinajstić information content (AvgIpc) is 3.80. The van der Waals surface area contributed by atoms with Gasteiger partial charge in [-0.2, -0.15) is 0 Å². The van der Waals surface area contributed by atoms with Crippen molar-refractivity contribution < 1.29 is 15.0 Å². The second kappa shape index (κ2) is 14.1. The second-order valence-electron chi connectivity index (χ2n) is 14.5. The van der Waals surface area contributed by atoms with Crippen LogP contribution >= 0.6 is 22.7 Å². The molecule has 2 saturated carbocycles. The number of aliphatic imine (C=N–C) groups is 1. The lowest BCUT2D eigenvalue weighted by atomic mass is 9.59. The molecule has 4 aromatic rings. The van der Waals surface area contributed by atoms with E-state index >= 15 is 0 Å². The first kappa shape index (κ1) is 34.5. The van der Waals surface area contributed by atoms with Gasteiger partial charge in [-0.05, 0) is 110 Å². The van der Waals surface area contributed by atoms with E-state index in [2.05, 4.69) is 82.1 Å². The molecule has 0 bridgehead atoms. The van der Waals surface area contributed by atoms with Crippen molar-refractivity contribution in [1.82, 2.24) is 5.32 Å². The van der Waals surface area contributed by atoms with Crippen molar-refractivity contribution in [3.8, 4) is 27.3 Å². The molecule has 3 aliphatic carbocycles. The zero-order valence-corrected chi connectivity index (χ0v) is 31.2. The van der Waals surface area contributed by atoms with Crippen molar-refractivity contribution in [3.63, 3.8) is 0 Å². The highest BCUT2D eigenvalue weighted by Gasteiger charge is 2.50. The molecule has 8 rings (SSSR count). The van der Waals surface area contributed by atoms with Gasteiger partial charge in [-0.1, -0.05) is 54.0 Å². The maximum absolute atomic E-state index is 14.6. The van der Waals surface area contributed by atoms with Gasteiger partial charge in [0.2, 0.25) is 0 Å². The Balaban J connectivity index is 1.19. The van der Waals surface area contributed by atoms with E-state index in [-0.39, 0.29) is 53.2 Å². The van der Waals surface area contributed by atoms with Gasteiger partial charge in [-0.25, -0.2) is 0 Å². The number of guanidine groups is 1. The molecule has 1 aliphatic heterocycles. The predicted octanol–water partition coefficient (Wildman–Crippen LogP) is 6.31. The van der Waals surface area contributed by atoms with Crippen LogP contribution in [0.15, 0.2) is 71.7 Å². The first-order valence-corrected chi connectivity index (χ1v) is 19.8. The minimum atomic E-state index is -0.585. The zero-order valence-electron chi connectivity index (χ0n) is 29.6. The molecule has 2 aromatic heterocycles.